The standard InChI is InChI=1S/C15H13FN4/c16-15-7-2-1-4-12(15)9-17-13-5-3-6-14(8-13)20-10-18-19-11-20/h1-8,10-11,17H,9H2. The smallest absolute Gasteiger partial charge is 0.128 e. The number of hydrogen-bond donors (Lipinski definition) is 1. The minimum absolute atomic E-state index is 0.199. The average Bonchev–Trinajstić information content (AvgIpc) is 3.01. The zero-order valence-corrected chi connectivity index (χ0v) is 10.7. The number of nitrogens with zero attached hydrogens (tertiary/aromatic N) is 3. The predicted octanol–water partition coefficient (Wildman–Crippen LogP) is 3.02. The highest BCUT2D eigenvalue weighted by molar-refractivity contribution is 5.51. The first kappa shape index (κ1) is 12.3. The molecule has 100 valence electrons. The van der Waals surface area contributed by atoms with Crippen LogP contribution in [0, 0.1) is 5.82 Å². The fourth-order valence-electron chi connectivity index (χ4n) is 1.95. The van der Waals surface area contributed by atoms with E-state index >= 15 is 0 Å². The summed E-state index contributed by atoms with van der Waals surface area (Å²) in [6.07, 6.45) is 3.27. The van der Waals surface area contributed by atoms with Gasteiger partial charge in [0.05, 0.1) is 5.69 Å². The van der Waals surface area contributed by atoms with Gasteiger partial charge in [0, 0.05) is 17.8 Å². The molecule has 5 heteroatoms. The van der Waals surface area contributed by atoms with Gasteiger partial charge >= 0.3 is 0 Å². The van der Waals surface area contributed by atoms with Crippen LogP contribution in [0.2, 0.25) is 0 Å². The third kappa shape index (κ3) is 2.66. The highest BCUT2D eigenvalue weighted by Gasteiger charge is 2.01. The summed E-state index contributed by atoms with van der Waals surface area (Å²) in [5.41, 5.74) is 2.51. The van der Waals surface area contributed by atoms with Gasteiger partial charge in [0.15, 0.2) is 0 Å². The van der Waals surface area contributed by atoms with Crippen LogP contribution in [0.15, 0.2) is 61.2 Å². The number of hydrogen-bond acceptors (Lipinski definition) is 3. The number of rotatable bonds is 4. The minimum Gasteiger partial charge on any atom is -0.381 e. The first-order valence-electron chi connectivity index (χ1n) is 6.25. The van der Waals surface area contributed by atoms with Crippen LogP contribution in [-0.2, 0) is 6.54 Å². The lowest BCUT2D eigenvalue weighted by Gasteiger charge is -2.09. The Bertz CT molecular complexity index is 695. The molecule has 1 N–H and O–H groups in total. The topological polar surface area (TPSA) is 42.7 Å². The molecule has 0 fully saturated rings. The van der Waals surface area contributed by atoms with Crippen molar-refractivity contribution in [3.63, 3.8) is 0 Å². The second-order valence-electron chi connectivity index (χ2n) is 4.36. The SMILES string of the molecule is Fc1ccccc1CNc1cccc(-n2cnnc2)c1. The van der Waals surface area contributed by atoms with Crippen molar-refractivity contribution in [1.29, 1.82) is 0 Å². The molecule has 1 aromatic heterocycles. The van der Waals surface area contributed by atoms with E-state index in [1.54, 1.807) is 24.8 Å². The number of nitrogens with one attached hydrogen (secondary N) is 1. The molecule has 0 bridgehead atoms. The normalized spacial score (nSPS) is 10.4. The van der Waals surface area contributed by atoms with E-state index in [9.17, 15) is 4.39 Å². The molecule has 2 aromatic carbocycles. The maximum absolute atomic E-state index is 13.5. The molecule has 3 rings (SSSR count). The molecule has 0 unspecified atom stereocenters. The van der Waals surface area contributed by atoms with Gasteiger partial charge in [0.1, 0.15) is 18.5 Å². The average molecular weight is 268 g/mol. The molecule has 20 heavy (non-hydrogen) atoms. The summed E-state index contributed by atoms with van der Waals surface area (Å²) in [4.78, 5) is 0. The van der Waals surface area contributed by atoms with Crippen molar-refractivity contribution in [2.24, 2.45) is 0 Å². The van der Waals surface area contributed by atoms with Crippen LogP contribution < -0.4 is 5.32 Å². The van der Waals surface area contributed by atoms with Crippen LogP contribution in [0.3, 0.4) is 0 Å². The highest BCUT2D eigenvalue weighted by Crippen LogP contribution is 2.16. The van der Waals surface area contributed by atoms with Crippen molar-refractivity contribution in [2.45, 2.75) is 6.54 Å². The van der Waals surface area contributed by atoms with Gasteiger partial charge in [-0.3, -0.25) is 4.57 Å². The van der Waals surface area contributed by atoms with Crippen molar-refractivity contribution >= 4 is 5.69 Å². The van der Waals surface area contributed by atoms with Gasteiger partial charge in [0.25, 0.3) is 0 Å². The summed E-state index contributed by atoms with van der Waals surface area (Å²) in [5.74, 6) is -0.199. The number of anilines is 1. The molecule has 1 heterocycles. The van der Waals surface area contributed by atoms with E-state index in [0.29, 0.717) is 12.1 Å². The molecule has 0 aliphatic rings. The van der Waals surface area contributed by atoms with E-state index in [0.717, 1.165) is 11.4 Å². The van der Waals surface area contributed by atoms with Crippen molar-refractivity contribution in [1.82, 2.24) is 14.8 Å². The quantitative estimate of drug-likeness (QED) is 0.791. The fraction of sp³-hybridized carbons (Fsp3) is 0.0667. The lowest BCUT2D eigenvalue weighted by Crippen LogP contribution is -2.02. The Kier molecular flexibility index (Phi) is 3.41. The molecule has 0 saturated heterocycles. The van der Waals surface area contributed by atoms with E-state index in [2.05, 4.69) is 15.5 Å². The fourth-order valence-corrected chi connectivity index (χ4v) is 1.95. The van der Waals surface area contributed by atoms with E-state index < -0.39 is 0 Å². The van der Waals surface area contributed by atoms with Gasteiger partial charge in [-0.05, 0) is 24.3 Å². The molecule has 0 spiro atoms. The Labute approximate surface area is 115 Å². The zero-order valence-electron chi connectivity index (χ0n) is 10.7. The summed E-state index contributed by atoms with van der Waals surface area (Å²) in [6, 6.07) is 14.5. The largest absolute Gasteiger partial charge is 0.381 e. The minimum atomic E-state index is -0.199. The van der Waals surface area contributed by atoms with Gasteiger partial charge in [-0.2, -0.15) is 0 Å². The van der Waals surface area contributed by atoms with Crippen LogP contribution in [-0.4, -0.2) is 14.8 Å². The zero-order chi connectivity index (χ0) is 13.8. The summed E-state index contributed by atoms with van der Waals surface area (Å²) in [7, 11) is 0. The van der Waals surface area contributed by atoms with Gasteiger partial charge in [0.2, 0.25) is 0 Å². The molecule has 0 aliphatic heterocycles. The summed E-state index contributed by atoms with van der Waals surface area (Å²) in [6.45, 7) is 0.443. The van der Waals surface area contributed by atoms with Crippen molar-refractivity contribution in [2.75, 3.05) is 5.32 Å². The van der Waals surface area contributed by atoms with Crippen molar-refractivity contribution < 1.29 is 4.39 Å². The summed E-state index contributed by atoms with van der Waals surface area (Å²) >= 11 is 0. The Hall–Kier alpha value is -2.69. The molecule has 0 amide bonds. The van der Waals surface area contributed by atoms with Crippen LogP contribution >= 0.6 is 0 Å². The number of aromatic nitrogens is 3. The Balaban J connectivity index is 1.75. The molecular weight excluding hydrogens is 255 g/mol. The Morgan fingerprint density at radius 1 is 1.00 bits per heavy atom. The summed E-state index contributed by atoms with van der Waals surface area (Å²) < 4.78 is 15.3. The first-order chi connectivity index (χ1) is 9.83. The molecule has 0 saturated carbocycles. The van der Waals surface area contributed by atoms with Crippen molar-refractivity contribution in [3.05, 3.63) is 72.6 Å². The lowest BCUT2D eigenvalue weighted by molar-refractivity contribution is 0.613. The van der Waals surface area contributed by atoms with Crippen LogP contribution in [0.4, 0.5) is 10.1 Å². The Morgan fingerprint density at radius 3 is 2.60 bits per heavy atom. The molecule has 3 aromatic rings. The monoisotopic (exact) mass is 268 g/mol. The first-order valence-corrected chi connectivity index (χ1v) is 6.25. The van der Waals surface area contributed by atoms with E-state index in [1.807, 2.05) is 34.9 Å². The molecular formula is C15H13FN4. The molecule has 0 atom stereocenters. The lowest BCUT2D eigenvalue weighted by atomic mass is 10.2. The molecule has 0 radical (unpaired) electrons. The van der Waals surface area contributed by atoms with Gasteiger partial charge in [-0.25, -0.2) is 4.39 Å². The third-order valence-electron chi connectivity index (χ3n) is 3.00. The summed E-state index contributed by atoms with van der Waals surface area (Å²) in [5, 5.41) is 10.8. The van der Waals surface area contributed by atoms with Crippen LogP contribution in [0.25, 0.3) is 5.69 Å². The maximum atomic E-state index is 13.5. The second-order valence-corrected chi connectivity index (χ2v) is 4.36. The highest BCUT2D eigenvalue weighted by atomic mass is 19.1. The van der Waals surface area contributed by atoms with Crippen molar-refractivity contribution in [3.8, 4) is 5.69 Å². The Morgan fingerprint density at radius 2 is 1.80 bits per heavy atom. The number of benzene rings is 2. The third-order valence-corrected chi connectivity index (χ3v) is 3.00. The van der Waals surface area contributed by atoms with E-state index in [1.165, 1.54) is 6.07 Å². The number of halogens is 1. The van der Waals surface area contributed by atoms with Gasteiger partial charge in [-0.1, -0.05) is 24.3 Å². The maximum Gasteiger partial charge on any atom is 0.128 e. The van der Waals surface area contributed by atoms with Crippen LogP contribution in [0.5, 0.6) is 0 Å². The predicted molar refractivity (Wildman–Crippen MR) is 75.1 cm³/mol. The van der Waals surface area contributed by atoms with Gasteiger partial charge in [-0.15, -0.1) is 10.2 Å². The van der Waals surface area contributed by atoms with E-state index in [4.69, 9.17) is 0 Å². The van der Waals surface area contributed by atoms with E-state index in [-0.39, 0.29) is 5.82 Å². The molecule has 0 aliphatic carbocycles. The second kappa shape index (κ2) is 5.52. The van der Waals surface area contributed by atoms with Crippen LogP contribution in [0.1, 0.15) is 5.56 Å². The molecule has 4 nitrogen and oxygen atoms in total. The van der Waals surface area contributed by atoms with Gasteiger partial charge < -0.3 is 5.32 Å².